The molecular formula is C16H13FN2O2. The number of aryl methyl sites for hydroxylation is 1. The number of amides is 1. The van der Waals surface area contributed by atoms with Crippen molar-refractivity contribution in [2.24, 2.45) is 0 Å². The van der Waals surface area contributed by atoms with Gasteiger partial charge in [-0.1, -0.05) is 29.4 Å². The Kier molecular flexibility index (Phi) is 3.17. The Balaban J connectivity index is 2.03. The van der Waals surface area contributed by atoms with Crippen LogP contribution in [0.5, 0.6) is 0 Å². The van der Waals surface area contributed by atoms with Gasteiger partial charge < -0.3 is 4.52 Å². The van der Waals surface area contributed by atoms with Gasteiger partial charge in [-0.3, -0.25) is 10.1 Å². The fourth-order valence-corrected chi connectivity index (χ4v) is 2.16. The maximum atomic E-state index is 13.8. The molecule has 1 heterocycles. The highest BCUT2D eigenvalue weighted by molar-refractivity contribution is 6.12. The van der Waals surface area contributed by atoms with Crippen molar-refractivity contribution in [1.29, 1.82) is 0 Å². The number of hydrogen-bond donors (Lipinski definition) is 1. The van der Waals surface area contributed by atoms with Gasteiger partial charge in [0.25, 0.3) is 5.91 Å². The van der Waals surface area contributed by atoms with Crippen molar-refractivity contribution in [2.75, 3.05) is 5.32 Å². The molecule has 0 aliphatic rings. The van der Waals surface area contributed by atoms with Crippen molar-refractivity contribution in [2.45, 2.75) is 13.8 Å². The van der Waals surface area contributed by atoms with Gasteiger partial charge in [0.15, 0.2) is 0 Å². The molecule has 0 fully saturated rings. The van der Waals surface area contributed by atoms with Crippen LogP contribution in [0.3, 0.4) is 0 Å². The smallest absolute Gasteiger partial charge is 0.258 e. The molecule has 4 nitrogen and oxygen atoms in total. The minimum atomic E-state index is -0.356. The van der Waals surface area contributed by atoms with E-state index in [1.807, 2.05) is 6.92 Å². The van der Waals surface area contributed by atoms with Gasteiger partial charge in [0.05, 0.1) is 5.69 Å². The van der Waals surface area contributed by atoms with E-state index in [9.17, 15) is 9.18 Å². The first-order chi connectivity index (χ1) is 10.1. The minimum absolute atomic E-state index is 0.311. The highest BCUT2D eigenvalue weighted by Gasteiger charge is 2.16. The summed E-state index contributed by atoms with van der Waals surface area (Å²) in [5, 5.41) is 7.43. The van der Waals surface area contributed by atoms with E-state index in [1.165, 1.54) is 12.1 Å². The molecule has 0 saturated carbocycles. The van der Waals surface area contributed by atoms with Gasteiger partial charge in [-0.05, 0) is 31.4 Å². The molecule has 2 aromatic carbocycles. The number of fused-ring (bicyclic) bond motifs is 1. The summed E-state index contributed by atoms with van der Waals surface area (Å²) in [7, 11) is 0. The molecule has 0 radical (unpaired) electrons. The van der Waals surface area contributed by atoms with Gasteiger partial charge in [0.1, 0.15) is 5.82 Å². The van der Waals surface area contributed by atoms with Crippen molar-refractivity contribution in [3.63, 3.8) is 0 Å². The van der Waals surface area contributed by atoms with Crippen molar-refractivity contribution in [3.8, 4) is 0 Å². The van der Waals surface area contributed by atoms with Crippen molar-refractivity contribution in [3.05, 3.63) is 59.0 Å². The summed E-state index contributed by atoms with van der Waals surface area (Å²) in [5.74, 6) is -0.398. The van der Waals surface area contributed by atoms with Gasteiger partial charge in [-0.15, -0.1) is 0 Å². The third-order valence-electron chi connectivity index (χ3n) is 3.50. The Bertz CT molecular complexity index is 839. The van der Waals surface area contributed by atoms with Gasteiger partial charge in [-0.2, -0.15) is 0 Å². The highest BCUT2D eigenvalue weighted by atomic mass is 19.1. The lowest BCUT2D eigenvalue weighted by atomic mass is 10.0. The summed E-state index contributed by atoms with van der Waals surface area (Å²) >= 11 is 0. The third kappa shape index (κ3) is 2.27. The largest absolute Gasteiger partial charge is 0.338 e. The first-order valence-electron chi connectivity index (χ1n) is 6.49. The van der Waals surface area contributed by atoms with Crippen LogP contribution in [-0.2, 0) is 0 Å². The fourth-order valence-electron chi connectivity index (χ4n) is 2.16. The molecule has 0 bridgehead atoms. The zero-order chi connectivity index (χ0) is 15.0. The predicted octanol–water partition coefficient (Wildman–Crippen LogP) is 3.84. The molecule has 106 valence electrons. The quantitative estimate of drug-likeness (QED) is 0.778. The predicted molar refractivity (Wildman–Crippen MR) is 77.8 cm³/mol. The monoisotopic (exact) mass is 284 g/mol. The molecule has 0 aliphatic carbocycles. The van der Waals surface area contributed by atoms with Gasteiger partial charge in [-0.25, -0.2) is 4.39 Å². The van der Waals surface area contributed by atoms with Crippen LogP contribution in [0.2, 0.25) is 0 Å². The zero-order valence-corrected chi connectivity index (χ0v) is 11.6. The van der Waals surface area contributed by atoms with Crippen LogP contribution in [-0.4, -0.2) is 11.1 Å². The van der Waals surface area contributed by atoms with E-state index in [2.05, 4.69) is 10.5 Å². The summed E-state index contributed by atoms with van der Waals surface area (Å²) < 4.78 is 18.8. The standard InChI is InChI=1S/C16H13FN2O2/c1-9-10(2)19-21-16(9)18-15(20)13-7-8-14(17)12-6-4-3-5-11(12)13/h3-8H,1-2H3,(H,18,20). The molecule has 3 rings (SSSR count). The van der Waals surface area contributed by atoms with Crippen LogP contribution in [0.25, 0.3) is 10.8 Å². The van der Waals surface area contributed by atoms with Crippen molar-refractivity contribution >= 4 is 22.6 Å². The highest BCUT2D eigenvalue weighted by Crippen LogP contribution is 2.24. The molecule has 3 aromatic rings. The topological polar surface area (TPSA) is 55.1 Å². The van der Waals surface area contributed by atoms with Gasteiger partial charge >= 0.3 is 0 Å². The third-order valence-corrected chi connectivity index (χ3v) is 3.50. The summed E-state index contributed by atoms with van der Waals surface area (Å²) in [6.45, 7) is 3.60. The van der Waals surface area contributed by atoms with E-state index < -0.39 is 0 Å². The second-order valence-corrected chi connectivity index (χ2v) is 4.82. The van der Waals surface area contributed by atoms with E-state index >= 15 is 0 Å². The van der Waals surface area contributed by atoms with Crippen LogP contribution in [0, 0.1) is 19.7 Å². The maximum Gasteiger partial charge on any atom is 0.258 e. The Labute approximate surface area is 120 Å². The molecule has 1 amide bonds. The molecule has 1 aromatic heterocycles. The van der Waals surface area contributed by atoms with E-state index in [-0.39, 0.29) is 11.7 Å². The maximum absolute atomic E-state index is 13.8. The molecule has 0 unspecified atom stereocenters. The van der Waals surface area contributed by atoms with Crippen LogP contribution in [0.1, 0.15) is 21.6 Å². The number of carbonyl (C=O) groups is 1. The summed E-state index contributed by atoms with van der Waals surface area (Å²) in [5.41, 5.74) is 1.88. The number of anilines is 1. The molecule has 1 N–H and O–H groups in total. The molecule has 0 aliphatic heterocycles. The van der Waals surface area contributed by atoms with Crippen LogP contribution >= 0.6 is 0 Å². The van der Waals surface area contributed by atoms with Crippen molar-refractivity contribution < 1.29 is 13.7 Å². The zero-order valence-electron chi connectivity index (χ0n) is 11.6. The molecule has 0 saturated heterocycles. The summed E-state index contributed by atoms with van der Waals surface area (Å²) in [6, 6.07) is 9.61. The van der Waals surface area contributed by atoms with Gasteiger partial charge in [0.2, 0.25) is 5.88 Å². The van der Waals surface area contributed by atoms with Crippen LogP contribution in [0.15, 0.2) is 40.9 Å². The second kappa shape index (κ2) is 5.01. The number of halogens is 1. The normalized spacial score (nSPS) is 10.8. The summed E-state index contributed by atoms with van der Waals surface area (Å²) in [6.07, 6.45) is 0. The van der Waals surface area contributed by atoms with E-state index in [4.69, 9.17) is 4.52 Å². The number of nitrogens with one attached hydrogen (secondary N) is 1. The molecule has 0 atom stereocenters. The number of hydrogen-bond acceptors (Lipinski definition) is 3. The number of rotatable bonds is 2. The first kappa shape index (κ1) is 13.3. The average Bonchev–Trinajstić information content (AvgIpc) is 2.80. The number of carbonyl (C=O) groups excluding carboxylic acids is 1. The SMILES string of the molecule is Cc1noc(NC(=O)c2ccc(F)c3ccccc23)c1C. The first-order valence-corrected chi connectivity index (χ1v) is 6.49. The van der Waals surface area contributed by atoms with Crippen LogP contribution in [0.4, 0.5) is 10.3 Å². The number of aromatic nitrogens is 1. The number of nitrogens with zero attached hydrogens (tertiary/aromatic N) is 1. The summed E-state index contributed by atoms with van der Waals surface area (Å²) in [4.78, 5) is 12.4. The van der Waals surface area contributed by atoms with E-state index in [1.54, 1.807) is 31.2 Å². The van der Waals surface area contributed by atoms with Gasteiger partial charge in [0, 0.05) is 16.5 Å². The van der Waals surface area contributed by atoms with Crippen molar-refractivity contribution in [1.82, 2.24) is 5.16 Å². The van der Waals surface area contributed by atoms with Crippen LogP contribution < -0.4 is 5.32 Å². The lowest BCUT2D eigenvalue weighted by molar-refractivity contribution is 0.102. The molecule has 0 spiro atoms. The second-order valence-electron chi connectivity index (χ2n) is 4.82. The molecule has 5 heteroatoms. The Hall–Kier alpha value is -2.69. The molecule has 21 heavy (non-hydrogen) atoms. The number of benzene rings is 2. The molecular weight excluding hydrogens is 271 g/mol. The lowest BCUT2D eigenvalue weighted by Gasteiger charge is -2.07. The van der Waals surface area contributed by atoms with E-state index in [0.717, 1.165) is 5.56 Å². The fraction of sp³-hybridized carbons (Fsp3) is 0.125. The Morgan fingerprint density at radius 1 is 1.14 bits per heavy atom. The Morgan fingerprint density at radius 2 is 1.86 bits per heavy atom. The Morgan fingerprint density at radius 3 is 2.52 bits per heavy atom. The van der Waals surface area contributed by atoms with E-state index in [0.29, 0.717) is 27.9 Å². The minimum Gasteiger partial charge on any atom is -0.338 e. The average molecular weight is 284 g/mol. The lowest BCUT2D eigenvalue weighted by Crippen LogP contribution is -2.12.